The van der Waals surface area contributed by atoms with Gasteiger partial charge in [-0.3, -0.25) is 4.79 Å². The standard InChI is InChI=1S/C15H14INO2/c1-17(10-11-6-2-5-9-14(11)18)15(19)12-7-3-4-8-13(12)16/h2-9,18H,10H2,1H3. The lowest BCUT2D eigenvalue weighted by molar-refractivity contribution is 0.0783. The highest BCUT2D eigenvalue weighted by Gasteiger charge is 2.15. The molecule has 0 saturated carbocycles. The Balaban J connectivity index is 2.17. The number of hydrogen-bond acceptors (Lipinski definition) is 2. The van der Waals surface area contributed by atoms with Crippen LogP contribution >= 0.6 is 22.6 Å². The molecule has 1 N–H and O–H groups in total. The van der Waals surface area contributed by atoms with Crippen molar-refractivity contribution in [3.05, 3.63) is 63.2 Å². The average molecular weight is 367 g/mol. The summed E-state index contributed by atoms with van der Waals surface area (Å²) in [5.74, 6) is 0.165. The highest BCUT2D eigenvalue weighted by Crippen LogP contribution is 2.19. The number of phenolic OH excluding ortho intramolecular Hbond substituents is 1. The number of halogens is 1. The van der Waals surface area contributed by atoms with Gasteiger partial charge in [0.1, 0.15) is 5.75 Å². The lowest BCUT2D eigenvalue weighted by Gasteiger charge is -2.18. The van der Waals surface area contributed by atoms with Gasteiger partial charge in [-0.25, -0.2) is 0 Å². The van der Waals surface area contributed by atoms with Gasteiger partial charge in [-0.2, -0.15) is 0 Å². The van der Waals surface area contributed by atoms with Crippen molar-refractivity contribution < 1.29 is 9.90 Å². The first kappa shape index (κ1) is 13.9. The maximum atomic E-state index is 12.3. The van der Waals surface area contributed by atoms with Gasteiger partial charge in [0.05, 0.1) is 5.56 Å². The molecule has 2 rings (SSSR count). The van der Waals surface area contributed by atoms with Gasteiger partial charge in [0, 0.05) is 22.7 Å². The number of phenols is 1. The Hall–Kier alpha value is -1.56. The van der Waals surface area contributed by atoms with Crippen LogP contribution in [-0.4, -0.2) is 23.0 Å². The number of rotatable bonds is 3. The summed E-state index contributed by atoms with van der Waals surface area (Å²) in [4.78, 5) is 13.9. The summed E-state index contributed by atoms with van der Waals surface area (Å²) >= 11 is 2.15. The van der Waals surface area contributed by atoms with E-state index in [1.165, 1.54) is 0 Å². The second kappa shape index (κ2) is 6.06. The predicted octanol–water partition coefficient (Wildman–Crippen LogP) is 3.27. The van der Waals surface area contributed by atoms with Crippen LogP contribution in [0.25, 0.3) is 0 Å². The highest BCUT2D eigenvalue weighted by atomic mass is 127. The number of para-hydroxylation sites is 1. The van der Waals surface area contributed by atoms with E-state index in [-0.39, 0.29) is 11.7 Å². The molecule has 2 aromatic carbocycles. The Morgan fingerprint density at radius 1 is 1.16 bits per heavy atom. The van der Waals surface area contributed by atoms with Gasteiger partial charge in [-0.15, -0.1) is 0 Å². The summed E-state index contributed by atoms with van der Waals surface area (Å²) in [6.07, 6.45) is 0. The first-order valence-electron chi connectivity index (χ1n) is 5.86. The van der Waals surface area contributed by atoms with E-state index in [1.807, 2.05) is 36.4 Å². The summed E-state index contributed by atoms with van der Waals surface area (Å²) in [5, 5.41) is 9.73. The lowest BCUT2D eigenvalue weighted by atomic mass is 10.1. The van der Waals surface area contributed by atoms with Crippen molar-refractivity contribution in [3.63, 3.8) is 0 Å². The molecule has 4 heteroatoms. The number of carbonyl (C=O) groups is 1. The maximum Gasteiger partial charge on any atom is 0.254 e. The molecule has 0 atom stereocenters. The molecule has 0 bridgehead atoms. The van der Waals surface area contributed by atoms with Crippen LogP contribution in [-0.2, 0) is 6.54 Å². The molecule has 3 nitrogen and oxygen atoms in total. The van der Waals surface area contributed by atoms with Crippen molar-refractivity contribution >= 4 is 28.5 Å². The Kier molecular flexibility index (Phi) is 4.42. The largest absolute Gasteiger partial charge is 0.508 e. The van der Waals surface area contributed by atoms with Crippen LogP contribution in [0.1, 0.15) is 15.9 Å². The molecule has 0 unspecified atom stereocenters. The quantitative estimate of drug-likeness (QED) is 0.846. The Bertz CT molecular complexity index is 598. The van der Waals surface area contributed by atoms with Crippen molar-refractivity contribution in [2.45, 2.75) is 6.54 Å². The fourth-order valence-electron chi connectivity index (χ4n) is 1.81. The molecule has 0 heterocycles. The smallest absolute Gasteiger partial charge is 0.254 e. The van der Waals surface area contributed by atoms with Crippen molar-refractivity contribution in [2.24, 2.45) is 0 Å². The number of aromatic hydroxyl groups is 1. The summed E-state index contributed by atoms with van der Waals surface area (Å²) < 4.78 is 0.925. The third-order valence-electron chi connectivity index (χ3n) is 2.85. The minimum atomic E-state index is -0.0479. The Labute approximate surface area is 126 Å². The normalized spacial score (nSPS) is 10.2. The van der Waals surface area contributed by atoms with E-state index >= 15 is 0 Å². The molecule has 0 aliphatic carbocycles. The molecule has 0 aromatic heterocycles. The molecule has 2 aromatic rings. The fraction of sp³-hybridized carbons (Fsp3) is 0.133. The van der Waals surface area contributed by atoms with E-state index in [1.54, 1.807) is 24.1 Å². The highest BCUT2D eigenvalue weighted by molar-refractivity contribution is 14.1. The van der Waals surface area contributed by atoms with Crippen LogP contribution in [0.3, 0.4) is 0 Å². The zero-order chi connectivity index (χ0) is 13.8. The molecule has 0 saturated heterocycles. The van der Waals surface area contributed by atoms with E-state index in [4.69, 9.17) is 0 Å². The topological polar surface area (TPSA) is 40.5 Å². The number of benzene rings is 2. The number of hydrogen-bond donors (Lipinski definition) is 1. The van der Waals surface area contributed by atoms with Gasteiger partial charge >= 0.3 is 0 Å². The third kappa shape index (κ3) is 3.26. The molecule has 0 aliphatic rings. The van der Waals surface area contributed by atoms with Crippen LogP contribution in [0.5, 0.6) is 5.75 Å². The van der Waals surface area contributed by atoms with Crippen LogP contribution < -0.4 is 0 Å². The number of amides is 1. The van der Waals surface area contributed by atoms with E-state index in [2.05, 4.69) is 22.6 Å². The van der Waals surface area contributed by atoms with Crippen LogP contribution in [0.4, 0.5) is 0 Å². The zero-order valence-electron chi connectivity index (χ0n) is 10.5. The minimum Gasteiger partial charge on any atom is -0.508 e. The summed E-state index contributed by atoms with van der Waals surface area (Å²) in [6, 6.07) is 14.5. The van der Waals surface area contributed by atoms with E-state index in [0.717, 1.165) is 9.13 Å². The maximum absolute atomic E-state index is 12.3. The fourth-order valence-corrected chi connectivity index (χ4v) is 2.43. The monoisotopic (exact) mass is 367 g/mol. The van der Waals surface area contributed by atoms with Gasteiger partial charge in [-0.1, -0.05) is 30.3 Å². The van der Waals surface area contributed by atoms with Gasteiger partial charge in [-0.05, 0) is 40.8 Å². The van der Waals surface area contributed by atoms with Crippen molar-refractivity contribution in [1.82, 2.24) is 4.90 Å². The second-order valence-electron chi connectivity index (χ2n) is 4.27. The molecule has 1 amide bonds. The van der Waals surface area contributed by atoms with Crippen LogP contribution in [0.2, 0.25) is 0 Å². The molecule has 0 spiro atoms. The molecule has 0 radical (unpaired) electrons. The van der Waals surface area contributed by atoms with Gasteiger partial charge < -0.3 is 10.0 Å². The molecular weight excluding hydrogens is 353 g/mol. The SMILES string of the molecule is CN(Cc1ccccc1O)C(=O)c1ccccc1I. The predicted molar refractivity (Wildman–Crippen MR) is 83.1 cm³/mol. The lowest BCUT2D eigenvalue weighted by Crippen LogP contribution is -2.26. The summed E-state index contributed by atoms with van der Waals surface area (Å²) in [7, 11) is 1.73. The zero-order valence-corrected chi connectivity index (χ0v) is 12.7. The van der Waals surface area contributed by atoms with Gasteiger partial charge in [0.15, 0.2) is 0 Å². The molecular formula is C15H14INO2. The number of carbonyl (C=O) groups excluding carboxylic acids is 1. The van der Waals surface area contributed by atoms with Crippen molar-refractivity contribution in [3.8, 4) is 5.75 Å². The number of nitrogens with zero attached hydrogens (tertiary/aromatic N) is 1. The molecule has 19 heavy (non-hydrogen) atoms. The Morgan fingerprint density at radius 3 is 2.47 bits per heavy atom. The minimum absolute atomic E-state index is 0.0479. The summed E-state index contributed by atoms with van der Waals surface area (Å²) in [5.41, 5.74) is 1.42. The van der Waals surface area contributed by atoms with E-state index < -0.39 is 0 Å². The first-order chi connectivity index (χ1) is 9.09. The van der Waals surface area contributed by atoms with Crippen LogP contribution in [0.15, 0.2) is 48.5 Å². The van der Waals surface area contributed by atoms with E-state index in [0.29, 0.717) is 12.1 Å². The average Bonchev–Trinajstić information content (AvgIpc) is 2.41. The second-order valence-corrected chi connectivity index (χ2v) is 5.43. The first-order valence-corrected chi connectivity index (χ1v) is 6.94. The van der Waals surface area contributed by atoms with Gasteiger partial charge in [0.2, 0.25) is 0 Å². The molecule has 98 valence electrons. The van der Waals surface area contributed by atoms with Crippen LogP contribution in [0, 0.1) is 3.57 Å². The Morgan fingerprint density at radius 2 is 1.79 bits per heavy atom. The van der Waals surface area contributed by atoms with Crippen molar-refractivity contribution in [1.29, 1.82) is 0 Å². The molecule has 0 aliphatic heterocycles. The molecule has 0 fully saturated rings. The van der Waals surface area contributed by atoms with Crippen molar-refractivity contribution in [2.75, 3.05) is 7.05 Å². The van der Waals surface area contributed by atoms with Gasteiger partial charge in [0.25, 0.3) is 5.91 Å². The van der Waals surface area contributed by atoms with E-state index in [9.17, 15) is 9.90 Å². The third-order valence-corrected chi connectivity index (χ3v) is 3.79. The summed E-state index contributed by atoms with van der Waals surface area (Å²) in [6.45, 7) is 0.385.